The first-order chi connectivity index (χ1) is 10.2. The first-order valence-electron chi connectivity index (χ1n) is 7.51. The molecule has 1 fully saturated rings. The predicted molar refractivity (Wildman–Crippen MR) is 94.5 cm³/mol. The van der Waals surface area contributed by atoms with Gasteiger partial charge in [-0.05, 0) is 37.1 Å². The first-order valence-corrected chi connectivity index (χ1v) is 9.92. The molecule has 0 radical (unpaired) electrons. The normalized spacial score (nSPS) is 15.9. The van der Waals surface area contributed by atoms with E-state index in [-0.39, 0.29) is 5.91 Å². The highest BCUT2D eigenvalue weighted by Crippen LogP contribution is 2.27. The maximum atomic E-state index is 11.8. The zero-order valence-electron chi connectivity index (χ0n) is 12.1. The van der Waals surface area contributed by atoms with E-state index in [9.17, 15) is 4.79 Å². The molecule has 0 saturated heterocycles. The highest BCUT2D eigenvalue weighted by molar-refractivity contribution is 8.00. The average Bonchev–Trinajstić information content (AvgIpc) is 2.52. The Balaban J connectivity index is 1.54. The number of carbonyl (C=O) groups excluding carboxylic acids is 1. The van der Waals surface area contributed by atoms with Gasteiger partial charge in [0.15, 0.2) is 0 Å². The highest BCUT2D eigenvalue weighted by atomic mass is 35.5. The third-order valence-electron chi connectivity index (χ3n) is 3.51. The number of hydrogen-bond donors (Lipinski definition) is 1. The summed E-state index contributed by atoms with van der Waals surface area (Å²) < 4.78 is 0. The van der Waals surface area contributed by atoms with Crippen LogP contribution >= 0.6 is 35.1 Å². The Morgan fingerprint density at radius 3 is 2.62 bits per heavy atom. The van der Waals surface area contributed by atoms with E-state index in [2.05, 4.69) is 5.32 Å². The number of carbonyl (C=O) groups is 1. The van der Waals surface area contributed by atoms with Gasteiger partial charge < -0.3 is 5.32 Å². The summed E-state index contributed by atoms with van der Waals surface area (Å²) >= 11 is 9.40. The van der Waals surface area contributed by atoms with Crippen LogP contribution in [0.25, 0.3) is 0 Å². The second-order valence-electron chi connectivity index (χ2n) is 5.22. The highest BCUT2D eigenvalue weighted by Gasteiger charge is 2.13. The van der Waals surface area contributed by atoms with Crippen molar-refractivity contribution in [1.29, 1.82) is 0 Å². The minimum Gasteiger partial charge on any atom is -0.355 e. The molecule has 1 amide bonds. The summed E-state index contributed by atoms with van der Waals surface area (Å²) in [5, 5.41) is 4.54. The number of halogens is 1. The zero-order chi connectivity index (χ0) is 14.9. The minimum atomic E-state index is 0.110. The second kappa shape index (κ2) is 9.65. The SMILES string of the molecule is O=C(CSc1ccc(Cl)cc1)NCCSC1CCCCC1. The van der Waals surface area contributed by atoms with Crippen molar-refractivity contribution in [2.45, 2.75) is 42.2 Å². The molecule has 1 aliphatic rings. The fourth-order valence-electron chi connectivity index (χ4n) is 2.38. The third kappa shape index (κ3) is 6.98. The van der Waals surface area contributed by atoms with Crippen molar-refractivity contribution in [3.05, 3.63) is 29.3 Å². The van der Waals surface area contributed by atoms with Gasteiger partial charge in [-0.15, -0.1) is 11.8 Å². The maximum absolute atomic E-state index is 11.8. The van der Waals surface area contributed by atoms with Crippen LogP contribution in [0.4, 0.5) is 0 Å². The maximum Gasteiger partial charge on any atom is 0.230 e. The van der Waals surface area contributed by atoms with Gasteiger partial charge in [-0.25, -0.2) is 0 Å². The van der Waals surface area contributed by atoms with Crippen molar-refractivity contribution in [1.82, 2.24) is 5.32 Å². The van der Waals surface area contributed by atoms with Gasteiger partial charge in [0.25, 0.3) is 0 Å². The van der Waals surface area contributed by atoms with Crippen molar-refractivity contribution in [3.63, 3.8) is 0 Å². The fraction of sp³-hybridized carbons (Fsp3) is 0.562. The first kappa shape index (κ1) is 17.0. The summed E-state index contributed by atoms with van der Waals surface area (Å²) in [6.45, 7) is 0.779. The molecular weight excluding hydrogens is 322 g/mol. The predicted octanol–water partition coefficient (Wildman–Crippen LogP) is 4.61. The summed E-state index contributed by atoms with van der Waals surface area (Å²) in [6.07, 6.45) is 6.86. The van der Waals surface area contributed by atoms with E-state index in [1.165, 1.54) is 32.1 Å². The van der Waals surface area contributed by atoms with Crippen molar-refractivity contribution in [2.24, 2.45) is 0 Å². The Morgan fingerprint density at radius 1 is 1.19 bits per heavy atom. The van der Waals surface area contributed by atoms with Gasteiger partial charge in [0.2, 0.25) is 5.91 Å². The molecule has 1 aromatic carbocycles. The molecule has 0 spiro atoms. The van der Waals surface area contributed by atoms with Gasteiger partial charge in [0.1, 0.15) is 0 Å². The molecule has 0 bridgehead atoms. The largest absolute Gasteiger partial charge is 0.355 e. The summed E-state index contributed by atoms with van der Waals surface area (Å²) in [4.78, 5) is 12.8. The van der Waals surface area contributed by atoms with Gasteiger partial charge in [-0.1, -0.05) is 30.9 Å². The van der Waals surface area contributed by atoms with Crippen LogP contribution in [-0.4, -0.2) is 29.2 Å². The van der Waals surface area contributed by atoms with Gasteiger partial charge in [-0.3, -0.25) is 4.79 Å². The molecular formula is C16H22ClNOS2. The number of thioether (sulfide) groups is 2. The number of rotatable bonds is 7. The van der Waals surface area contributed by atoms with E-state index >= 15 is 0 Å². The van der Waals surface area contributed by atoms with Gasteiger partial charge in [0.05, 0.1) is 5.75 Å². The molecule has 1 aromatic rings. The average molecular weight is 344 g/mol. The Morgan fingerprint density at radius 2 is 1.90 bits per heavy atom. The quantitative estimate of drug-likeness (QED) is 0.578. The van der Waals surface area contributed by atoms with Crippen LogP contribution in [0.3, 0.4) is 0 Å². The van der Waals surface area contributed by atoms with E-state index in [1.54, 1.807) is 11.8 Å². The monoisotopic (exact) mass is 343 g/mol. The lowest BCUT2D eigenvalue weighted by Gasteiger charge is -2.20. The van der Waals surface area contributed by atoms with E-state index in [0.717, 1.165) is 27.5 Å². The molecule has 116 valence electrons. The third-order valence-corrected chi connectivity index (χ3v) is 6.16. The topological polar surface area (TPSA) is 29.1 Å². The number of nitrogens with one attached hydrogen (secondary N) is 1. The fourth-order valence-corrected chi connectivity index (χ4v) is 4.45. The Labute approximate surface area is 140 Å². The van der Waals surface area contributed by atoms with Crippen LogP contribution in [0, 0.1) is 0 Å². The van der Waals surface area contributed by atoms with Crippen LogP contribution in [0.1, 0.15) is 32.1 Å². The van der Waals surface area contributed by atoms with Crippen molar-refractivity contribution < 1.29 is 4.79 Å². The molecule has 0 atom stereocenters. The lowest BCUT2D eigenvalue weighted by atomic mass is 10.0. The van der Waals surface area contributed by atoms with Gasteiger partial charge in [-0.2, -0.15) is 11.8 Å². The van der Waals surface area contributed by atoms with Crippen molar-refractivity contribution in [2.75, 3.05) is 18.1 Å². The molecule has 2 nitrogen and oxygen atoms in total. The Bertz CT molecular complexity index is 432. The van der Waals surface area contributed by atoms with Crippen molar-refractivity contribution in [3.8, 4) is 0 Å². The van der Waals surface area contributed by atoms with Crippen LogP contribution in [0.15, 0.2) is 29.2 Å². The van der Waals surface area contributed by atoms with Crippen molar-refractivity contribution >= 4 is 41.0 Å². The lowest BCUT2D eigenvalue weighted by molar-refractivity contribution is -0.118. The molecule has 21 heavy (non-hydrogen) atoms. The molecule has 2 rings (SSSR count). The summed E-state index contributed by atoms with van der Waals surface area (Å²) in [6, 6.07) is 7.59. The molecule has 0 unspecified atom stereocenters. The van der Waals surface area contributed by atoms with Crippen LogP contribution in [0.5, 0.6) is 0 Å². The molecule has 0 aliphatic heterocycles. The lowest BCUT2D eigenvalue weighted by Crippen LogP contribution is -2.28. The molecule has 5 heteroatoms. The summed E-state index contributed by atoms with van der Waals surface area (Å²) in [7, 11) is 0. The van der Waals surface area contributed by atoms with E-state index in [4.69, 9.17) is 11.6 Å². The second-order valence-corrected chi connectivity index (χ2v) is 8.12. The molecule has 1 N–H and O–H groups in total. The standard InChI is InChI=1S/C16H22ClNOS2/c17-13-6-8-15(9-7-13)21-12-16(19)18-10-11-20-14-4-2-1-3-5-14/h6-9,14H,1-5,10-12H2,(H,18,19). The van der Waals surface area contributed by atoms with E-state index in [1.807, 2.05) is 36.0 Å². The summed E-state index contributed by atoms with van der Waals surface area (Å²) in [5.41, 5.74) is 0. The number of amides is 1. The number of benzene rings is 1. The molecule has 1 saturated carbocycles. The number of hydrogen-bond acceptors (Lipinski definition) is 3. The molecule has 0 heterocycles. The van der Waals surface area contributed by atoms with E-state index < -0.39 is 0 Å². The molecule has 1 aliphatic carbocycles. The van der Waals surface area contributed by atoms with Gasteiger partial charge >= 0.3 is 0 Å². The Hall–Kier alpha value is -0.320. The van der Waals surface area contributed by atoms with Gasteiger partial charge in [0, 0.05) is 27.5 Å². The van der Waals surface area contributed by atoms with Crippen LogP contribution in [0.2, 0.25) is 5.02 Å². The molecule has 0 aromatic heterocycles. The minimum absolute atomic E-state index is 0.110. The van der Waals surface area contributed by atoms with E-state index in [0.29, 0.717) is 5.75 Å². The summed E-state index contributed by atoms with van der Waals surface area (Å²) in [5.74, 6) is 1.61. The van der Waals surface area contributed by atoms with Crippen LogP contribution in [-0.2, 0) is 4.79 Å². The Kier molecular flexibility index (Phi) is 7.83. The smallest absolute Gasteiger partial charge is 0.230 e. The zero-order valence-corrected chi connectivity index (χ0v) is 14.5. The van der Waals surface area contributed by atoms with Crippen LogP contribution < -0.4 is 5.32 Å².